The summed E-state index contributed by atoms with van der Waals surface area (Å²) in [6.45, 7) is 6.07. The van der Waals surface area contributed by atoms with Crippen molar-refractivity contribution in [2.45, 2.75) is 31.2 Å². The summed E-state index contributed by atoms with van der Waals surface area (Å²) in [6, 6.07) is 12.2. The molecule has 0 radical (unpaired) electrons. The van der Waals surface area contributed by atoms with Crippen LogP contribution in [0.1, 0.15) is 29.5 Å². The number of hydrogen-bond donors (Lipinski definition) is 0. The largest absolute Gasteiger partial charge is 0.338 e. The molecular formula is C18H17N5OS2. The summed E-state index contributed by atoms with van der Waals surface area (Å²) in [5, 5.41) is 15.5. The zero-order valence-corrected chi connectivity index (χ0v) is 16.2. The molecule has 1 unspecified atom stereocenters. The van der Waals surface area contributed by atoms with E-state index in [1.54, 1.807) is 23.1 Å². The Morgan fingerprint density at radius 1 is 1.12 bits per heavy atom. The number of aryl methyl sites for hydroxylation is 2. The third-order valence-corrected chi connectivity index (χ3v) is 5.86. The van der Waals surface area contributed by atoms with Crippen LogP contribution in [0.4, 0.5) is 0 Å². The summed E-state index contributed by atoms with van der Waals surface area (Å²) in [5.74, 6) is 2.05. The molecule has 1 aromatic carbocycles. The smallest absolute Gasteiger partial charge is 0.240 e. The molecule has 3 aromatic heterocycles. The van der Waals surface area contributed by atoms with Gasteiger partial charge in [-0.1, -0.05) is 41.2 Å². The third kappa shape index (κ3) is 3.17. The molecule has 0 aliphatic carbocycles. The lowest BCUT2D eigenvalue weighted by Gasteiger charge is -2.12. The highest BCUT2D eigenvalue weighted by Gasteiger charge is 2.21. The number of nitrogens with zero attached hydrogens (tertiary/aromatic N) is 5. The molecule has 1 atom stereocenters. The van der Waals surface area contributed by atoms with E-state index in [1.165, 1.54) is 5.56 Å². The fourth-order valence-electron chi connectivity index (χ4n) is 2.63. The fraction of sp³-hybridized carbons (Fsp3) is 0.222. The van der Waals surface area contributed by atoms with Crippen LogP contribution in [0.2, 0.25) is 0 Å². The predicted molar refractivity (Wildman–Crippen MR) is 103 cm³/mol. The van der Waals surface area contributed by atoms with E-state index in [-0.39, 0.29) is 5.25 Å². The number of rotatable bonds is 5. The normalized spacial score (nSPS) is 12.4. The standard InChI is InChI=1S/C18H17N5OS2/c1-11-7-4-5-8-14(11)23-13(3)20-21-18(23)26-12(2)17-19-16(22-24-17)15-9-6-10-25-15/h4-10,12H,1-3H3. The number of aromatic nitrogens is 5. The van der Waals surface area contributed by atoms with Crippen LogP contribution in [0.25, 0.3) is 16.4 Å². The number of benzene rings is 1. The van der Waals surface area contributed by atoms with Crippen molar-refractivity contribution in [2.75, 3.05) is 0 Å². The van der Waals surface area contributed by atoms with Gasteiger partial charge in [0.25, 0.3) is 0 Å². The highest BCUT2D eigenvalue weighted by molar-refractivity contribution is 7.99. The Balaban J connectivity index is 1.61. The van der Waals surface area contributed by atoms with Gasteiger partial charge in [-0.2, -0.15) is 4.98 Å². The average molecular weight is 384 g/mol. The van der Waals surface area contributed by atoms with E-state index in [0.29, 0.717) is 11.7 Å². The maximum Gasteiger partial charge on any atom is 0.240 e. The first-order valence-electron chi connectivity index (χ1n) is 8.15. The van der Waals surface area contributed by atoms with Gasteiger partial charge in [0.2, 0.25) is 11.7 Å². The van der Waals surface area contributed by atoms with Crippen molar-refractivity contribution in [3.63, 3.8) is 0 Å². The molecule has 0 fully saturated rings. The van der Waals surface area contributed by atoms with Gasteiger partial charge in [0, 0.05) is 0 Å². The van der Waals surface area contributed by atoms with E-state index in [4.69, 9.17) is 4.52 Å². The topological polar surface area (TPSA) is 69.6 Å². The molecule has 0 amide bonds. The SMILES string of the molecule is Cc1ccccc1-n1c(C)nnc1SC(C)c1nc(-c2cccs2)no1. The Kier molecular flexibility index (Phi) is 4.60. The molecule has 6 nitrogen and oxygen atoms in total. The first kappa shape index (κ1) is 17.0. The number of hydrogen-bond acceptors (Lipinski definition) is 7. The van der Waals surface area contributed by atoms with Crippen molar-refractivity contribution in [1.82, 2.24) is 24.9 Å². The van der Waals surface area contributed by atoms with Crippen LogP contribution in [0, 0.1) is 13.8 Å². The zero-order valence-electron chi connectivity index (χ0n) is 14.6. The Hall–Kier alpha value is -2.45. The van der Waals surface area contributed by atoms with Crippen LogP contribution < -0.4 is 0 Å². The van der Waals surface area contributed by atoms with Gasteiger partial charge in [0.05, 0.1) is 15.8 Å². The maximum absolute atomic E-state index is 5.47. The molecule has 4 rings (SSSR count). The molecule has 0 aliphatic rings. The van der Waals surface area contributed by atoms with Crippen LogP contribution in [0.3, 0.4) is 0 Å². The molecule has 0 saturated carbocycles. The van der Waals surface area contributed by atoms with Crippen molar-refractivity contribution in [3.05, 3.63) is 59.1 Å². The minimum atomic E-state index is -0.0393. The minimum Gasteiger partial charge on any atom is -0.338 e. The Labute approximate surface area is 159 Å². The first-order chi connectivity index (χ1) is 12.6. The fourth-order valence-corrected chi connectivity index (χ4v) is 4.21. The first-order valence-corrected chi connectivity index (χ1v) is 9.91. The van der Waals surface area contributed by atoms with Crippen LogP contribution in [-0.2, 0) is 0 Å². The lowest BCUT2D eigenvalue weighted by atomic mass is 10.2. The number of para-hydroxylation sites is 1. The predicted octanol–water partition coefficient (Wildman–Crippen LogP) is 4.85. The molecule has 26 heavy (non-hydrogen) atoms. The van der Waals surface area contributed by atoms with Gasteiger partial charge in [0.15, 0.2) is 5.16 Å². The highest BCUT2D eigenvalue weighted by Crippen LogP contribution is 2.35. The average Bonchev–Trinajstić information content (AvgIpc) is 3.36. The third-order valence-electron chi connectivity index (χ3n) is 3.96. The molecule has 4 aromatic rings. The van der Waals surface area contributed by atoms with E-state index >= 15 is 0 Å². The molecule has 0 aliphatic heterocycles. The second kappa shape index (κ2) is 7.05. The van der Waals surface area contributed by atoms with Gasteiger partial charge in [-0.15, -0.1) is 21.5 Å². The van der Waals surface area contributed by atoms with Gasteiger partial charge < -0.3 is 4.52 Å². The van der Waals surface area contributed by atoms with Gasteiger partial charge >= 0.3 is 0 Å². The summed E-state index contributed by atoms with van der Waals surface area (Å²) in [5.41, 5.74) is 2.25. The second-order valence-corrected chi connectivity index (χ2v) is 8.10. The van der Waals surface area contributed by atoms with E-state index in [0.717, 1.165) is 21.5 Å². The van der Waals surface area contributed by atoms with Gasteiger partial charge in [-0.05, 0) is 43.8 Å². The van der Waals surface area contributed by atoms with E-state index < -0.39 is 0 Å². The van der Waals surface area contributed by atoms with Crippen molar-refractivity contribution in [1.29, 1.82) is 0 Å². The summed E-state index contributed by atoms with van der Waals surface area (Å²) in [4.78, 5) is 5.53. The van der Waals surface area contributed by atoms with E-state index in [9.17, 15) is 0 Å². The molecule has 8 heteroatoms. The van der Waals surface area contributed by atoms with Crippen LogP contribution in [-0.4, -0.2) is 24.9 Å². The van der Waals surface area contributed by atoms with Crippen LogP contribution in [0.5, 0.6) is 0 Å². The van der Waals surface area contributed by atoms with Crippen molar-refractivity contribution in [2.24, 2.45) is 0 Å². The van der Waals surface area contributed by atoms with Crippen molar-refractivity contribution in [3.8, 4) is 16.4 Å². The molecule has 132 valence electrons. The van der Waals surface area contributed by atoms with Gasteiger partial charge in [0.1, 0.15) is 5.82 Å². The van der Waals surface area contributed by atoms with Gasteiger partial charge in [-0.25, -0.2) is 0 Å². The zero-order chi connectivity index (χ0) is 18.1. The molecule has 0 bridgehead atoms. The van der Waals surface area contributed by atoms with Crippen molar-refractivity contribution < 1.29 is 4.52 Å². The van der Waals surface area contributed by atoms with E-state index in [2.05, 4.69) is 44.0 Å². The highest BCUT2D eigenvalue weighted by atomic mass is 32.2. The molecule has 0 spiro atoms. The lowest BCUT2D eigenvalue weighted by Crippen LogP contribution is -2.02. The number of thioether (sulfide) groups is 1. The van der Waals surface area contributed by atoms with Crippen molar-refractivity contribution >= 4 is 23.1 Å². The Morgan fingerprint density at radius 3 is 2.73 bits per heavy atom. The molecule has 3 heterocycles. The quantitative estimate of drug-likeness (QED) is 0.459. The van der Waals surface area contributed by atoms with Crippen LogP contribution >= 0.6 is 23.1 Å². The second-order valence-electron chi connectivity index (χ2n) is 5.85. The Bertz CT molecular complexity index is 1020. The Morgan fingerprint density at radius 2 is 1.96 bits per heavy atom. The molecular weight excluding hydrogens is 366 g/mol. The number of thiophene rings is 1. The summed E-state index contributed by atoms with van der Waals surface area (Å²) < 4.78 is 7.53. The maximum atomic E-state index is 5.47. The molecule has 0 N–H and O–H groups in total. The molecule has 0 saturated heterocycles. The summed E-state index contributed by atoms with van der Waals surface area (Å²) >= 11 is 3.15. The van der Waals surface area contributed by atoms with Crippen LogP contribution in [0.15, 0.2) is 51.5 Å². The van der Waals surface area contributed by atoms with Gasteiger partial charge in [-0.3, -0.25) is 4.57 Å². The monoisotopic (exact) mass is 383 g/mol. The van der Waals surface area contributed by atoms with E-state index in [1.807, 2.05) is 43.5 Å². The summed E-state index contributed by atoms with van der Waals surface area (Å²) in [6.07, 6.45) is 0. The lowest BCUT2D eigenvalue weighted by molar-refractivity contribution is 0.380. The summed E-state index contributed by atoms with van der Waals surface area (Å²) in [7, 11) is 0. The minimum absolute atomic E-state index is 0.0393.